The molecule has 0 saturated heterocycles. The van der Waals surface area contributed by atoms with E-state index >= 15 is 0 Å². The van der Waals surface area contributed by atoms with Crippen molar-refractivity contribution >= 4 is 19.5 Å². The molecule has 0 aromatic rings. The van der Waals surface area contributed by atoms with Crippen molar-refractivity contribution in [1.82, 2.24) is 0 Å². The van der Waals surface area contributed by atoms with E-state index in [-0.39, 0.29) is 12.4 Å². The number of hydrogen-bond acceptors (Lipinski definition) is 3. The summed E-state index contributed by atoms with van der Waals surface area (Å²) in [6.45, 7) is 0.696. The number of rotatable bonds is 5. The molecule has 0 spiro atoms. The lowest BCUT2D eigenvalue weighted by molar-refractivity contribution is 0.402. The normalized spacial score (nSPS) is 8.70. The molecule has 0 amide bonds. The maximum Gasteiger partial charge on any atom is 0.451 e. The SMILES string of the molecule is Cl.NCCCCCB(O)O. The lowest BCUT2D eigenvalue weighted by atomic mass is 9.83. The molecule has 0 saturated carbocycles. The standard InChI is InChI=1S/C5H14BNO2.ClH/c7-5-3-1-2-4-6(8)9;/h8-9H,1-5,7H2;1H. The van der Waals surface area contributed by atoms with Gasteiger partial charge in [-0.1, -0.05) is 12.8 Å². The quantitative estimate of drug-likeness (QED) is 0.399. The summed E-state index contributed by atoms with van der Waals surface area (Å²) in [6.07, 6.45) is 3.30. The average Bonchev–Trinajstić information content (AvgIpc) is 1.80. The van der Waals surface area contributed by atoms with Crippen LogP contribution in [0.15, 0.2) is 0 Å². The summed E-state index contributed by atoms with van der Waals surface area (Å²) in [4.78, 5) is 0. The Hall–Kier alpha value is 0.235. The maximum atomic E-state index is 8.38. The molecule has 0 bridgehead atoms. The number of nitrogens with two attached hydrogens (primary N) is 1. The van der Waals surface area contributed by atoms with E-state index in [1.54, 1.807) is 0 Å². The minimum atomic E-state index is -1.14. The zero-order valence-corrected chi connectivity index (χ0v) is 6.81. The topological polar surface area (TPSA) is 66.5 Å². The predicted molar refractivity (Wildman–Crippen MR) is 45.2 cm³/mol. The van der Waals surface area contributed by atoms with Gasteiger partial charge < -0.3 is 15.8 Å². The summed E-state index contributed by atoms with van der Waals surface area (Å²) in [5, 5.41) is 16.8. The van der Waals surface area contributed by atoms with Crippen molar-refractivity contribution in [3.8, 4) is 0 Å². The second-order valence-electron chi connectivity index (χ2n) is 2.12. The lowest BCUT2D eigenvalue weighted by Crippen LogP contribution is -2.09. The number of halogens is 1. The molecule has 0 aliphatic heterocycles. The first-order valence-corrected chi connectivity index (χ1v) is 3.33. The zero-order chi connectivity index (χ0) is 7.11. The predicted octanol–water partition coefficient (Wildman–Crippen LogP) is 0.01000. The van der Waals surface area contributed by atoms with E-state index in [2.05, 4.69) is 0 Å². The van der Waals surface area contributed by atoms with E-state index in [4.69, 9.17) is 15.8 Å². The van der Waals surface area contributed by atoms with Gasteiger partial charge in [-0.3, -0.25) is 0 Å². The first kappa shape index (κ1) is 12.9. The van der Waals surface area contributed by atoms with Crippen LogP contribution in [0.4, 0.5) is 0 Å². The smallest absolute Gasteiger partial charge is 0.427 e. The van der Waals surface area contributed by atoms with E-state index in [0.717, 1.165) is 19.3 Å². The summed E-state index contributed by atoms with van der Waals surface area (Å²) in [6, 6.07) is 0. The summed E-state index contributed by atoms with van der Waals surface area (Å²) in [7, 11) is -1.14. The van der Waals surface area contributed by atoms with Crippen molar-refractivity contribution in [1.29, 1.82) is 0 Å². The van der Waals surface area contributed by atoms with Crippen molar-refractivity contribution in [2.24, 2.45) is 5.73 Å². The minimum Gasteiger partial charge on any atom is -0.427 e. The van der Waals surface area contributed by atoms with Crippen LogP contribution in [-0.2, 0) is 0 Å². The van der Waals surface area contributed by atoms with Gasteiger partial charge in [-0.15, -0.1) is 12.4 Å². The third-order valence-electron chi connectivity index (χ3n) is 1.17. The number of unbranched alkanes of at least 4 members (excludes halogenated alkanes) is 2. The lowest BCUT2D eigenvalue weighted by Gasteiger charge is -1.96. The first-order valence-electron chi connectivity index (χ1n) is 3.33. The highest BCUT2D eigenvalue weighted by Crippen LogP contribution is 1.99. The van der Waals surface area contributed by atoms with Gasteiger partial charge in [0.1, 0.15) is 0 Å². The Morgan fingerprint density at radius 1 is 1.10 bits per heavy atom. The van der Waals surface area contributed by atoms with Gasteiger partial charge in [0.2, 0.25) is 0 Å². The fourth-order valence-corrected chi connectivity index (χ4v) is 0.648. The van der Waals surface area contributed by atoms with Crippen LogP contribution >= 0.6 is 12.4 Å². The van der Waals surface area contributed by atoms with E-state index in [1.165, 1.54) is 0 Å². The van der Waals surface area contributed by atoms with Crippen molar-refractivity contribution in [3.63, 3.8) is 0 Å². The summed E-state index contributed by atoms with van der Waals surface area (Å²) in [5.74, 6) is 0. The average molecular weight is 167 g/mol. The Bertz CT molecular complexity index is 65.6. The van der Waals surface area contributed by atoms with Crippen LogP contribution in [0.5, 0.6) is 0 Å². The van der Waals surface area contributed by atoms with E-state index in [1.807, 2.05) is 0 Å². The Labute approximate surface area is 68.2 Å². The van der Waals surface area contributed by atoms with E-state index in [9.17, 15) is 0 Å². The van der Waals surface area contributed by atoms with E-state index < -0.39 is 7.12 Å². The van der Waals surface area contributed by atoms with Gasteiger partial charge >= 0.3 is 7.12 Å². The Morgan fingerprint density at radius 2 is 1.70 bits per heavy atom. The molecule has 0 aromatic carbocycles. The molecule has 0 atom stereocenters. The molecule has 3 nitrogen and oxygen atoms in total. The van der Waals surface area contributed by atoms with Gasteiger partial charge in [0.15, 0.2) is 0 Å². The molecule has 0 unspecified atom stereocenters. The van der Waals surface area contributed by atoms with Crippen LogP contribution in [0, 0.1) is 0 Å². The molecule has 0 heterocycles. The number of hydrogen-bond donors (Lipinski definition) is 3. The maximum absolute atomic E-state index is 8.38. The minimum absolute atomic E-state index is 0. The van der Waals surface area contributed by atoms with E-state index in [0.29, 0.717) is 12.9 Å². The molecule has 5 heteroatoms. The Balaban J connectivity index is 0. The van der Waals surface area contributed by atoms with Crippen molar-refractivity contribution in [3.05, 3.63) is 0 Å². The van der Waals surface area contributed by atoms with Gasteiger partial charge in [0, 0.05) is 0 Å². The van der Waals surface area contributed by atoms with Crippen LogP contribution in [-0.4, -0.2) is 23.7 Å². The van der Waals surface area contributed by atoms with Crippen molar-refractivity contribution in [2.75, 3.05) is 6.54 Å². The molecule has 0 radical (unpaired) electrons. The highest BCUT2D eigenvalue weighted by Gasteiger charge is 2.03. The van der Waals surface area contributed by atoms with Gasteiger partial charge in [0.05, 0.1) is 0 Å². The Kier molecular flexibility index (Phi) is 11.9. The Morgan fingerprint density at radius 3 is 2.10 bits per heavy atom. The van der Waals surface area contributed by atoms with Crippen LogP contribution < -0.4 is 5.73 Å². The zero-order valence-electron chi connectivity index (χ0n) is 5.99. The summed E-state index contributed by atoms with van der Waals surface area (Å²) >= 11 is 0. The molecule has 0 fully saturated rings. The fraction of sp³-hybridized carbons (Fsp3) is 1.00. The highest BCUT2D eigenvalue weighted by molar-refractivity contribution is 6.40. The molecule has 10 heavy (non-hydrogen) atoms. The second-order valence-corrected chi connectivity index (χ2v) is 2.12. The van der Waals surface area contributed by atoms with Gasteiger partial charge in [-0.25, -0.2) is 0 Å². The summed E-state index contributed by atoms with van der Waals surface area (Å²) < 4.78 is 0. The molecule has 4 N–H and O–H groups in total. The molecule has 0 aliphatic rings. The first-order chi connectivity index (χ1) is 4.27. The fourth-order valence-electron chi connectivity index (χ4n) is 0.648. The largest absolute Gasteiger partial charge is 0.451 e. The third kappa shape index (κ3) is 11.1. The highest BCUT2D eigenvalue weighted by atomic mass is 35.5. The van der Waals surface area contributed by atoms with Crippen LogP contribution in [0.25, 0.3) is 0 Å². The van der Waals surface area contributed by atoms with Crippen LogP contribution in [0.2, 0.25) is 6.32 Å². The molecule has 0 rings (SSSR count). The second kappa shape index (κ2) is 9.23. The molecule has 62 valence electrons. The molecule has 0 aliphatic carbocycles. The molecule has 0 aromatic heterocycles. The monoisotopic (exact) mass is 167 g/mol. The summed E-state index contributed by atoms with van der Waals surface area (Å²) in [5.41, 5.74) is 5.22. The molecular weight excluding hydrogens is 152 g/mol. The van der Waals surface area contributed by atoms with Crippen molar-refractivity contribution < 1.29 is 10.0 Å². The van der Waals surface area contributed by atoms with Gasteiger partial charge in [0.25, 0.3) is 0 Å². The third-order valence-corrected chi connectivity index (χ3v) is 1.17. The van der Waals surface area contributed by atoms with Crippen molar-refractivity contribution in [2.45, 2.75) is 25.6 Å². The van der Waals surface area contributed by atoms with Crippen LogP contribution in [0.3, 0.4) is 0 Å². The van der Waals surface area contributed by atoms with Gasteiger partial charge in [-0.05, 0) is 19.3 Å². The molecular formula is C5H15BClNO2. The van der Waals surface area contributed by atoms with Crippen LogP contribution in [0.1, 0.15) is 19.3 Å². The van der Waals surface area contributed by atoms with Gasteiger partial charge in [-0.2, -0.15) is 0 Å².